The molecule has 0 unspecified atom stereocenters. The van der Waals surface area contributed by atoms with Gasteiger partial charge in [-0.05, 0) is 6.07 Å². The van der Waals surface area contributed by atoms with Gasteiger partial charge in [-0.2, -0.15) is 0 Å². The lowest BCUT2D eigenvalue weighted by Gasteiger charge is -1.98. The molecule has 0 bridgehead atoms. The predicted octanol–water partition coefficient (Wildman–Crippen LogP) is 0.433. The van der Waals surface area contributed by atoms with Crippen molar-refractivity contribution in [3.8, 4) is 17.4 Å². The number of nitrogens with one attached hydrogen (secondary N) is 1. The lowest BCUT2D eigenvalue weighted by molar-refractivity contribution is 0.387. The first kappa shape index (κ1) is 8.49. The summed E-state index contributed by atoms with van der Waals surface area (Å²) in [6, 6.07) is 5.13. The van der Waals surface area contributed by atoms with E-state index in [1.807, 2.05) is 0 Å². The molecule has 0 radical (unpaired) electrons. The lowest BCUT2D eigenvalue weighted by atomic mass is 10.3. The van der Waals surface area contributed by atoms with Crippen molar-refractivity contribution in [2.24, 2.45) is 0 Å². The molecule has 2 rings (SSSR count). The number of rotatable bonds is 2. The maximum Gasteiger partial charge on any atom is 0.439 e. The number of ether oxygens (including phenoxy) is 1. The Morgan fingerprint density at radius 2 is 2.36 bits per heavy atom. The van der Waals surface area contributed by atoms with E-state index in [0.29, 0.717) is 11.6 Å². The van der Waals surface area contributed by atoms with Crippen LogP contribution < -0.4 is 10.5 Å². The van der Waals surface area contributed by atoms with Gasteiger partial charge in [0.05, 0.1) is 7.11 Å². The molecule has 2 aromatic heterocycles. The summed E-state index contributed by atoms with van der Waals surface area (Å²) in [5.74, 6) is 0.130. The standard InChI is InChI=1S/C8H7N3O3/c1-13-6-4-2-3-5(9-6)7-10-8(12)14-11-7/h2-4H,1H3,(H,10,11,12). The van der Waals surface area contributed by atoms with Crippen molar-refractivity contribution in [3.63, 3.8) is 0 Å². The normalized spacial score (nSPS) is 10.1. The Balaban J connectivity index is 2.46. The van der Waals surface area contributed by atoms with Gasteiger partial charge in [0, 0.05) is 6.07 Å². The molecule has 2 aromatic rings. The van der Waals surface area contributed by atoms with Crippen LogP contribution in [-0.4, -0.2) is 22.2 Å². The Hall–Kier alpha value is -2.11. The van der Waals surface area contributed by atoms with Crippen LogP contribution in [0.1, 0.15) is 0 Å². The van der Waals surface area contributed by atoms with Gasteiger partial charge < -0.3 is 4.74 Å². The summed E-state index contributed by atoms with van der Waals surface area (Å²) in [5.41, 5.74) is 0.496. The fourth-order valence-electron chi connectivity index (χ4n) is 1.00. The fourth-order valence-corrected chi connectivity index (χ4v) is 1.00. The van der Waals surface area contributed by atoms with Gasteiger partial charge in [-0.1, -0.05) is 11.2 Å². The Morgan fingerprint density at radius 1 is 1.50 bits per heavy atom. The number of methoxy groups -OCH3 is 1. The Labute approximate surface area is 78.5 Å². The highest BCUT2D eigenvalue weighted by Gasteiger charge is 2.05. The van der Waals surface area contributed by atoms with Gasteiger partial charge in [0.2, 0.25) is 11.7 Å². The van der Waals surface area contributed by atoms with Gasteiger partial charge in [0.25, 0.3) is 0 Å². The average Bonchev–Trinajstić information content (AvgIpc) is 2.65. The zero-order valence-corrected chi connectivity index (χ0v) is 7.35. The number of pyridine rings is 1. The third kappa shape index (κ3) is 1.49. The Morgan fingerprint density at radius 3 is 3.00 bits per heavy atom. The molecule has 0 saturated carbocycles. The van der Waals surface area contributed by atoms with E-state index in [-0.39, 0.29) is 5.82 Å². The maximum absolute atomic E-state index is 10.7. The molecule has 1 N–H and O–H groups in total. The van der Waals surface area contributed by atoms with Crippen LogP contribution in [0.5, 0.6) is 5.88 Å². The van der Waals surface area contributed by atoms with Crippen LogP contribution in [0.4, 0.5) is 0 Å². The third-order valence-electron chi connectivity index (χ3n) is 1.62. The van der Waals surface area contributed by atoms with Crippen molar-refractivity contribution < 1.29 is 9.26 Å². The van der Waals surface area contributed by atoms with Crippen molar-refractivity contribution in [1.82, 2.24) is 15.1 Å². The second-order valence-electron chi connectivity index (χ2n) is 2.51. The second kappa shape index (κ2) is 3.33. The zero-order valence-electron chi connectivity index (χ0n) is 7.35. The topological polar surface area (TPSA) is 81.0 Å². The summed E-state index contributed by atoms with van der Waals surface area (Å²) in [7, 11) is 1.51. The molecule has 0 fully saturated rings. The van der Waals surface area contributed by atoms with E-state index < -0.39 is 5.76 Å². The number of hydrogen-bond donors (Lipinski definition) is 1. The van der Waals surface area contributed by atoms with E-state index in [1.165, 1.54) is 7.11 Å². The van der Waals surface area contributed by atoms with Gasteiger partial charge in [-0.25, -0.2) is 9.78 Å². The first-order valence-corrected chi connectivity index (χ1v) is 3.87. The lowest BCUT2D eigenvalue weighted by Crippen LogP contribution is -1.96. The van der Waals surface area contributed by atoms with Crippen molar-refractivity contribution in [1.29, 1.82) is 0 Å². The highest BCUT2D eigenvalue weighted by atomic mass is 16.5. The first-order chi connectivity index (χ1) is 6.79. The smallest absolute Gasteiger partial charge is 0.439 e. The molecular weight excluding hydrogens is 186 g/mol. The molecule has 6 heteroatoms. The molecule has 0 aliphatic rings. The van der Waals surface area contributed by atoms with E-state index >= 15 is 0 Å². The Bertz CT molecular complexity index is 488. The molecule has 2 heterocycles. The summed E-state index contributed by atoms with van der Waals surface area (Å²) in [6.45, 7) is 0. The minimum absolute atomic E-state index is 0.286. The number of aromatic nitrogens is 3. The molecule has 0 saturated heterocycles. The number of hydrogen-bond acceptors (Lipinski definition) is 5. The van der Waals surface area contributed by atoms with Crippen LogP contribution in [0, 0.1) is 0 Å². The van der Waals surface area contributed by atoms with E-state index in [9.17, 15) is 4.79 Å². The SMILES string of the molecule is COc1cccc(-c2noc(=O)[nH]2)n1. The molecule has 0 atom stereocenters. The molecule has 0 aromatic carbocycles. The summed E-state index contributed by atoms with van der Waals surface area (Å²) >= 11 is 0. The van der Waals surface area contributed by atoms with Crippen molar-refractivity contribution in [2.45, 2.75) is 0 Å². The summed E-state index contributed by atoms with van der Waals surface area (Å²) in [6.07, 6.45) is 0. The van der Waals surface area contributed by atoms with Crippen LogP contribution in [0.25, 0.3) is 11.5 Å². The molecular formula is C8H7N3O3. The van der Waals surface area contributed by atoms with Crippen molar-refractivity contribution >= 4 is 0 Å². The van der Waals surface area contributed by atoms with Gasteiger partial charge in [-0.3, -0.25) is 9.51 Å². The van der Waals surface area contributed by atoms with Crippen molar-refractivity contribution in [2.75, 3.05) is 7.11 Å². The van der Waals surface area contributed by atoms with Crippen LogP contribution in [0.15, 0.2) is 27.5 Å². The van der Waals surface area contributed by atoms with Gasteiger partial charge in [0.1, 0.15) is 5.69 Å². The molecule has 0 aliphatic heterocycles. The molecule has 0 aliphatic carbocycles. The van der Waals surface area contributed by atoms with Crippen LogP contribution in [0.2, 0.25) is 0 Å². The van der Waals surface area contributed by atoms with Gasteiger partial charge >= 0.3 is 5.76 Å². The summed E-state index contributed by atoms with van der Waals surface area (Å²) < 4.78 is 9.27. The minimum atomic E-state index is -0.607. The largest absolute Gasteiger partial charge is 0.481 e. The summed E-state index contributed by atoms with van der Waals surface area (Å²) in [5, 5.41) is 3.50. The van der Waals surface area contributed by atoms with E-state index in [4.69, 9.17) is 4.74 Å². The second-order valence-corrected chi connectivity index (χ2v) is 2.51. The predicted molar refractivity (Wildman–Crippen MR) is 46.9 cm³/mol. The average molecular weight is 193 g/mol. The van der Waals surface area contributed by atoms with E-state index in [0.717, 1.165) is 0 Å². The molecule has 0 spiro atoms. The highest BCUT2D eigenvalue weighted by Crippen LogP contribution is 2.13. The molecule has 6 nitrogen and oxygen atoms in total. The maximum atomic E-state index is 10.7. The monoisotopic (exact) mass is 193 g/mol. The first-order valence-electron chi connectivity index (χ1n) is 3.87. The van der Waals surface area contributed by atoms with E-state index in [2.05, 4.69) is 19.6 Å². The molecule has 0 amide bonds. The summed E-state index contributed by atoms with van der Waals surface area (Å²) in [4.78, 5) is 17.1. The van der Waals surface area contributed by atoms with Crippen LogP contribution in [-0.2, 0) is 0 Å². The van der Waals surface area contributed by atoms with Crippen molar-refractivity contribution in [3.05, 3.63) is 28.7 Å². The minimum Gasteiger partial charge on any atom is -0.481 e. The van der Waals surface area contributed by atoms with Crippen LogP contribution in [0.3, 0.4) is 0 Å². The molecule has 14 heavy (non-hydrogen) atoms. The van der Waals surface area contributed by atoms with Gasteiger partial charge in [0.15, 0.2) is 0 Å². The highest BCUT2D eigenvalue weighted by molar-refractivity contribution is 5.48. The number of nitrogens with zero attached hydrogens (tertiary/aromatic N) is 2. The molecule has 72 valence electrons. The zero-order chi connectivity index (χ0) is 9.97. The van der Waals surface area contributed by atoms with Crippen LogP contribution >= 0.6 is 0 Å². The van der Waals surface area contributed by atoms with E-state index in [1.54, 1.807) is 18.2 Å². The fraction of sp³-hybridized carbons (Fsp3) is 0.125. The number of H-pyrrole nitrogens is 1. The Kier molecular flexibility index (Phi) is 2.02. The van der Waals surface area contributed by atoms with Gasteiger partial charge in [-0.15, -0.1) is 0 Å². The number of aromatic amines is 1. The third-order valence-corrected chi connectivity index (χ3v) is 1.62. The quantitative estimate of drug-likeness (QED) is 0.748.